The molecule has 2 aromatic heterocycles. The topological polar surface area (TPSA) is 64.9 Å². The molecule has 0 radical (unpaired) electrons. The summed E-state index contributed by atoms with van der Waals surface area (Å²) in [5, 5.41) is 5.89. The van der Waals surface area contributed by atoms with Crippen LogP contribution >= 0.6 is 39.0 Å². The molecule has 2 N–H and O–H groups in total. The summed E-state index contributed by atoms with van der Waals surface area (Å²) in [6.45, 7) is 0. The number of thiophene rings is 1. The molecule has 7 heteroatoms. The van der Waals surface area contributed by atoms with Crippen molar-refractivity contribution in [3.05, 3.63) is 46.0 Å². The lowest BCUT2D eigenvalue weighted by Gasteiger charge is -1.97. The van der Waals surface area contributed by atoms with Crippen molar-refractivity contribution >= 4 is 44.7 Å². The van der Waals surface area contributed by atoms with E-state index in [0.717, 1.165) is 14.2 Å². The number of aromatic nitrogens is 2. The maximum atomic E-state index is 5.83. The van der Waals surface area contributed by atoms with Crippen molar-refractivity contribution in [1.29, 1.82) is 0 Å². The molecule has 0 aliphatic heterocycles. The molecule has 0 fully saturated rings. The van der Waals surface area contributed by atoms with Crippen molar-refractivity contribution in [2.75, 3.05) is 5.73 Å². The molecular formula is C13H10BrN3OS2. The summed E-state index contributed by atoms with van der Waals surface area (Å²) in [6, 6.07) is 9.95. The zero-order valence-electron chi connectivity index (χ0n) is 10.2. The van der Waals surface area contributed by atoms with Gasteiger partial charge in [-0.05, 0) is 35.7 Å². The highest BCUT2D eigenvalue weighted by Crippen LogP contribution is 2.31. The van der Waals surface area contributed by atoms with Gasteiger partial charge in [0.1, 0.15) is 4.88 Å². The Morgan fingerprint density at radius 2 is 2.05 bits per heavy atom. The zero-order chi connectivity index (χ0) is 13.9. The first kappa shape index (κ1) is 13.7. The third-order valence-electron chi connectivity index (χ3n) is 2.54. The molecule has 1 aromatic carbocycles. The molecular weight excluding hydrogens is 358 g/mol. The number of anilines is 1. The highest BCUT2D eigenvalue weighted by molar-refractivity contribution is 9.10. The fraction of sp³-hybridized carbons (Fsp3) is 0.0769. The summed E-state index contributed by atoms with van der Waals surface area (Å²) < 4.78 is 6.31. The van der Waals surface area contributed by atoms with Gasteiger partial charge in [0.15, 0.2) is 5.82 Å². The van der Waals surface area contributed by atoms with Crippen LogP contribution in [0.4, 0.5) is 5.69 Å². The summed E-state index contributed by atoms with van der Waals surface area (Å²) >= 11 is 6.58. The number of nitrogen functional groups attached to an aromatic ring is 1. The maximum Gasteiger partial charge on any atom is 0.270 e. The molecule has 0 aliphatic carbocycles. The van der Waals surface area contributed by atoms with E-state index in [1.807, 2.05) is 35.7 Å². The fourth-order valence-corrected chi connectivity index (χ4v) is 3.32. The normalized spacial score (nSPS) is 10.8. The van der Waals surface area contributed by atoms with Gasteiger partial charge in [0, 0.05) is 9.37 Å². The minimum Gasteiger partial charge on any atom is -0.397 e. The van der Waals surface area contributed by atoms with E-state index in [4.69, 9.17) is 10.3 Å². The minimum absolute atomic E-state index is 0.490. The van der Waals surface area contributed by atoms with E-state index in [1.165, 1.54) is 11.3 Å². The number of benzene rings is 1. The van der Waals surface area contributed by atoms with E-state index in [2.05, 4.69) is 26.1 Å². The predicted octanol–water partition coefficient (Wildman–Crippen LogP) is 4.44. The molecule has 0 aliphatic rings. The third-order valence-corrected chi connectivity index (χ3v) is 4.99. The average Bonchev–Trinajstić information content (AvgIpc) is 3.06. The number of hydrogen-bond donors (Lipinski definition) is 1. The van der Waals surface area contributed by atoms with E-state index >= 15 is 0 Å². The molecule has 102 valence electrons. The monoisotopic (exact) mass is 367 g/mol. The van der Waals surface area contributed by atoms with Crippen LogP contribution in [0.3, 0.4) is 0 Å². The number of halogens is 1. The molecule has 0 amide bonds. The van der Waals surface area contributed by atoms with Gasteiger partial charge < -0.3 is 10.3 Å². The molecule has 20 heavy (non-hydrogen) atoms. The maximum absolute atomic E-state index is 5.83. The Morgan fingerprint density at radius 1 is 1.25 bits per heavy atom. The minimum atomic E-state index is 0.490. The Morgan fingerprint density at radius 3 is 2.75 bits per heavy atom. The molecule has 3 rings (SSSR count). The number of rotatable bonds is 4. The molecule has 0 unspecified atom stereocenters. The predicted molar refractivity (Wildman–Crippen MR) is 85.7 cm³/mol. The van der Waals surface area contributed by atoms with Gasteiger partial charge in [-0.1, -0.05) is 21.1 Å². The molecule has 0 atom stereocenters. The van der Waals surface area contributed by atoms with Crippen LogP contribution < -0.4 is 5.73 Å². The van der Waals surface area contributed by atoms with Gasteiger partial charge in [-0.15, -0.1) is 23.1 Å². The van der Waals surface area contributed by atoms with E-state index in [1.54, 1.807) is 11.8 Å². The molecule has 0 saturated carbocycles. The van der Waals surface area contributed by atoms with Gasteiger partial charge in [0.2, 0.25) is 0 Å². The lowest BCUT2D eigenvalue weighted by molar-refractivity contribution is 0.426. The largest absolute Gasteiger partial charge is 0.397 e. The molecule has 0 spiro atoms. The Balaban J connectivity index is 1.69. The van der Waals surface area contributed by atoms with Gasteiger partial charge in [0.05, 0.1) is 11.4 Å². The van der Waals surface area contributed by atoms with Crippen LogP contribution in [0.2, 0.25) is 0 Å². The first-order valence-electron chi connectivity index (χ1n) is 5.76. The second kappa shape index (κ2) is 5.99. The van der Waals surface area contributed by atoms with E-state index in [-0.39, 0.29) is 0 Å². The molecule has 0 bridgehead atoms. The van der Waals surface area contributed by atoms with E-state index in [0.29, 0.717) is 23.2 Å². The van der Waals surface area contributed by atoms with Crippen LogP contribution in [0, 0.1) is 0 Å². The summed E-state index contributed by atoms with van der Waals surface area (Å²) in [5.41, 5.74) is 6.51. The Hall–Kier alpha value is -1.31. The highest BCUT2D eigenvalue weighted by atomic mass is 79.9. The van der Waals surface area contributed by atoms with Crippen molar-refractivity contribution in [2.45, 2.75) is 10.6 Å². The molecule has 3 aromatic rings. The van der Waals surface area contributed by atoms with Gasteiger partial charge in [-0.2, -0.15) is 4.98 Å². The number of hydrogen-bond acceptors (Lipinski definition) is 6. The van der Waals surface area contributed by atoms with Gasteiger partial charge in [-0.3, -0.25) is 0 Å². The summed E-state index contributed by atoms with van der Waals surface area (Å²) in [6.07, 6.45) is 0. The Kier molecular flexibility index (Phi) is 4.09. The molecule has 2 heterocycles. The second-order valence-corrected chi connectivity index (χ2v) is 6.84. The van der Waals surface area contributed by atoms with Crippen molar-refractivity contribution in [3.63, 3.8) is 0 Å². The molecule has 4 nitrogen and oxygen atoms in total. The lowest BCUT2D eigenvalue weighted by atomic mass is 10.4. The standard InChI is InChI=1S/C13H10BrN3OS2/c14-8-1-3-9(4-2-8)20-7-11-16-13(18-17-11)12-10(15)5-6-19-12/h1-6H,7,15H2. The SMILES string of the molecule is Nc1ccsc1-c1nc(CSc2ccc(Br)cc2)no1. The van der Waals surface area contributed by atoms with Crippen LogP contribution in [-0.4, -0.2) is 10.1 Å². The third kappa shape index (κ3) is 3.05. The summed E-state index contributed by atoms with van der Waals surface area (Å²) in [5.74, 6) is 1.82. The van der Waals surface area contributed by atoms with Gasteiger partial charge in [-0.25, -0.2) is 0 Å². The number of nitrogens with zero attached hydrogens (tertiary/aromatic N) is 2. The second-order valence-electron chi connectivity index (χ2n) is 3.96. The van der Waals surface area contributed by atoms with Crippen molar-refractivity contribution in [1.82, 2.24) is 10.1 Å². The first-order valence-corrected chi connectivity index (χ1v) is 8.42. The van der Waals surface area contributed by atoms with Crippen molar-refractivity contribution in [3.8, 4) is 10.8 Å². The van der Waals surface area contributed by atoms with E-state index < -0.39 is 0 Å². The molecule has 0 saturated heterocycles. The average molecular weight is 368 g/mol. The van der Waals surface area contributed by atoms with E-state index in [9.17, 15) is 0 Å². The Labute approximate surface area is 132 Å². The van der Waals surface area contributed by atoms with Crippen molar-refractivity contribution in [2.24, 2.45) is 0 Å². The summed E-state index contributed by atoms with van der Waals surface area (Å²) in [4.78, 5) is 6.36. The zero-order valence-corrected chi connectivity index (χ0v) is 13.5. The first-order chi connectivity index (χ1) is 9.72. The van der Waals surface area contributed by atoms with Crippen LogP contribution in [0.1, 0.15) is 5.82 Å². The fourth-order valence-electron chi connectivity index (χ4n) is 1.58. The smallest absolute Gasteiger partial charge is 0.270 e. The summed E-state index contributed by atoms with van der Waals surface area (Å²) in [7, 11) is 0. The van der Waals surface area contributed by atoms with Gasteiger partial charge >= 0.3 is 0 Å². The van der Waals surface area contributed by atoms with Crippen LogP contribution in [0.15, 0.2) is 49.6 Å². The highest BCUT2D eigenvalue weighted by Gasteiger charge is 2.13. The number of nitrogens with two attached hydrogens (primary N) is 1. The number of thioether (sulfide) groups is 1. The van der Waals surface area contributed by atoms with Crippen molar-refractivity contribution < 1.29 is 4.52 Å². The lowest BCUT2D eigenvalue weighted by Crippen LogP contribution is -1.86. The van der Waals surface area contributed by atoms with Crippen LogP contribution in [0.25, 0.3) is 10.8 Å². The van der Waals surface area contributed by atoms with Gasteiger partial charge in [0.25, 0.3) is 5.89 Å². The quantitative estimate of drug-likeness (QED) is 0.690. The van der Waals surface area contributed by atoms with Crippen LogP contribution in [-0.2, 0) is 5.75 Å². The Bertz CT molecular complexity index is 708. The van der Waals surface area contributed by atoms with Crippen LogP contribution in [0.5, 0.6) is 0 Å².